The molecule has 39 heavy (non-hydrogen) atoms. The van der Waals surface area contributed by atoms with E-state index in [-0.39, 0.29) is 62.2 Å². The maximum Gasteiger partial charge on any atom is 1.00 e. The summed E-state index contributed by atoms with van der Waals surface area (Å²) in [6.07, 6.45) is 0.492. The van der Waals surface area contributed by atoms with Crippen LogP contribution in [0, 0.1) is 0 Å². The van der Waals surface area contributed by atoms with E-state index in [1.54, 1.807) is 30.3 Å². The van der Waals surface area contributed by atoms with Crippen LogP contribution in [0.5, 0.6) is 11.5 Å². The minimum atomic E-state index is -4.76. The average molecular weight is 596 g/mol. The zero-order chi connectivity index (χ0) is 27.6. The van der Waals surface area contributed by atoms with Gasteiger partial charge in [-0.3, -0.25) is 9.35 Å². The molecule has 0 saturated heterocycles. The van der Waals surface area contributed by atoms with E-state index in [0.717, 1.165) is 0 Å². The zero-order valence-corrected chi connectivity index (χ0v) is 25.4. The van der Waals surface area contributed by atoms with Crippen molar-refractivity contribution in [3.63, 3.8) is 0 Å². The van der Waals surface area contributed by atoms with Crippen LogP contribution in [0.25, 0.3) is 10.8 Å². The Morgan fingerprint density at radius 2 is 1.77 bits per heavy atom. The third kappa shape index (κ3) is 6.72. The number of benzene rings is 4. The molecule has 0 atom stereocenters. The van der Waals surface area contributed by atoms with Gasteiger partial charge in [-0.15, -0.1) is 5.11 Å². The molecule has 0 aliphatic heterocycles. The Morgan fingerprint density at radius 1 is 1.05 bits per heavy atom. The number of azo groups is 1. The Kier molecular flexibility index (Phi) is 10.0. The Morgan fingerprint density at radius 3 is 2.44 bits per heavy atom. The van der Waals surface area contributed by atoms with Gasteiger partial charge in [-0.25, -0.2) is 0 Å². The molecule has 2 N–H and O–H groups in total. The van der Waals surface area contributed by atoms with E-state index in [1.165, 1.54) is 37.4 Å². The molecule has 0 saturated carbocycles. The van der Waals surface area contributed by atoms with E-state index in [2.05, 4.69) is 15.5 Å². The molecule has 0 aromatic heterocycles. The van der Waals surface area contributed by atoms with Crippen molar-refractivity contribution in [2.75, 3.05) is 12.4 Å². The summed E-state index contributed by atoms with van der Waals surface area (Å²) in [7, 11) is -3.30. The molecule has 0 unspecified atom stereocenters. The number of methoxy groups -OCH3 is 1. The first-order valence-electron chi connectivity index (χ1n) is 11.1. The number of nitrogens with zero attached hydrogens (tertiary/aromatic N) is 2. The van der Waals surface area contributed by atoms with E-state index in [1.807, 2.05) is 6.92 Å². The van der Waals surface area contributed by atoms with Crippen molar-refractivity contribution < 1.29 is 57.2 Å². The van der Waals surface area contributed by atoms with E-state index < -0.39 is 26.7 Å². The van der Waals surface area contributed by atoms with Crippen LogP contribution in [0.2, 0.25) is 10.0 Å². The van der Waals surface area contributed by atoms with Crippen molar-refractivity contribution in [3.05, 3.63) is 81.8 Å². The number of anilines is 1. The van der Waals surface area contributed by atoms with Gasteiger partial charge in [-0.1, -0.05) is 60.1 Å². The van der Waals surface area contributed by atoms with Crippen LogP contribution in [0.3, 0.4) is 0 Å². The van der Waals surface area contributed by atoms with Gasteiger partial charge in [0.2, 0.25) is 0 Å². The number of rotatable bonds is 7. The van der Waals surface area contributed by atoms with Gasteiger partial charge < -0.3 is 15.2 Å². The summed E-state index contributed by atoms with van der Waals surface area (Å²) in [4.78, 5) is 12.5. The van der Waals surface area contributed by atoms with Gasteiger partial charge in [0.05, 0.1) is 28.5 Å². The average Bonchev–Trinajstić information content (AvgIpc) is 2.87. The third-order valence-corrected chi connectivity index (χ3v) is 7.33. The van der Waals surface area contributed by atoms with Crippen molar-refractivity contribution in [3.8, 4) is 11.5 Å². The van der Waals surface area contributed by atoms with Crippen LogP contribution in [0.15, 0.2) is 75.8 Å². The number of ether oxygens (including phenoxy) is 1. The number of hydrogen-bond donors (Lipinski definition) is 2. The summed E-state index contributed by atoms with van der Waals surface area (Å²) >= 11 is 12.3. The maximum atomic E-state index is 13.4. The van der Waals surface area contributed by atoms with Crippen LogP contribution < -0.4 is 44.7 Å². The second-order valence-corrected chi connectivity index (χ2v) is 10.3. The first-order valence-corrected chi connectivity index (χ1v) is 13.3. The number of hydrogen-bond acceptors (Lipinski definition) is 7. The Hall–Kier alpha value is -2.70. The zero-order valence-electron chi connectivity index (χ0n) is 21.0. The van der Waals surface area contributed by atoms with E-state index in [4.69, 9.17) is 27.9 Å². The van der Waals surface area contributed by atoms with Crippen LogP contribution >= 0.6 is 23.2 Å². The first-order chi connectivity index (χ1) is 18.0. The second-order valence-electron chi connectivity index (χ2n) is 8.08. The number of aryl methyl sites for hydroxylation is 1. The number of amides is 1. The standard InChI is InChI=1S/C26H21Cl2N3O6S.Na/c1-3-14-10-20(28)25(38(34,35)36)22(11-14)30-31-23-17-7-5-4-6-15(17)12-18(24(23)32)26(33)29-21-13-16(37-2)8-9-19(21)27;/h4-13,32H,3H2,1-2H3,(H,29,33)(H,34,35,36);/q;+1/p-1. The molecule has 0 heterocycles. The molecule has 0 spiro atoms. The molecule has 0 fully saturated rings. The normalized spacial score (nSPS) is 11.4. The summed E-state index contributed by atoms with van der Waals surface area (Å²) in [5.74, 6) is -1.06. The predicted molar refractivity (Wildman–Crippen MR) is 144 cm³/mol. The molecular weight excluding hydrogens is 576 g/mol. The largest absolute Gasteiger partial charge is 1.00 e. The monoisotopic (exact) mass is 595 g/mol. The van der Waals surface area contributed by atoms with E-state index >= 15 is 0 Å². The van der Waals surface area contributed by atoms with Crippen molar-refractivity contribution in [2.24, 2.45) is 10.2 Å². The van der Waals surface area contributed by atoms with Gasteiger partial charge in [-0.05, 0) is 47.7 Å². The maximum absolute atomic E-state index is 13.4. The third-order valence-electron chi connectivity index (χ3n) is 5.65. The fraction of sp³-hybridized carbons (Fsp3) is 0.115. The molecule has 9 nitrogen and oxygen atoms in total. The molecule has 13 heteroatoms. The molecule has 4 aromatic rings. The van der Waals surface area contributed by atoms with Crippen LogP contribution in [-0.4, -0.2) is 26.0 Å². The number of carbonyl (C=O) groups is 1. The second kappa shape index (κ2) is 12.6. The number of nitrogens with one attached hydrogen (secondary N) is 1. The van der Waals surface area contributed by atoms with Gasteiger partial charge in [0.1, 0.15) is 16.3 Å². The molecule has 0 bridgehead atoms. The quantitative estimate of drug-likeness (QED) is 0.189. The SMILES string of the molecule is CCc1cc(Cl)c(S(=O)(=O)O)c(N=Nc2c([O-])c(C(=O)Nc3cc(OC)ccc3Cl)cc3ccccc23)c1.[Na+]. The number of fused-ring (bicyclic) bond motifs is 1. The molecule has 196 valence electrons. The van der Waals surface area contributed by atoms with Crippen molar-refractivity contribution in [1.29, 1.82) is 0 Å². The Bertz CT molecular complexity index is 1710. The van der Waals surface area contributed by atoms with Crippen LogP contribution in [0.1, 0.15) is 22.8 Å². The minimum Gasteiger partial charge on any atom is -0.870 e. The molecule has 1 amide bonds. The molecular formula is C26H20Cl2N3NaO6S. The van der Waals surface area contributed by atoms with E-state index in [0.29, 0.717) is 28.5 Å². The van der Waals surface area contributed by atoms with E-state index in [9.17, 15) is 22.9 Å². The summed E-state index contributed by atoms with van der Waals surface area (Å²) in [6, 6.07) is 15.6. The molecule has 0 aliphatic rings. The smallest absolute Gasteiger partial charge is 0.870 e. The van der Waals surface area contributed by atoms with Crippen molar-refractivity contribution >= 4 is 67.1 Å². The predicted octanol–water partition coefficient (Wildman–Crippen LogP) is 3.71. The molecule has 4 aromatic carbocycles. The van der Waals surface area contributed by atoms with Crippen LogP contribution in [-0.2, 0) is 16.5 Å². The van der Waals surface area contributed by atoms with Gasteiger partial charge in [-0.2, -0.15) is 13.5 Å². The summed E-state index contributed by atoms with van der Waals surface area (Å²) in [5.41, 5.74) is 0.164. The first kappa shape index (κ1) is 30.8. The van der Waals surface area contributed by atoms with Gasteiger partial charge in [0.15, 0.2) is 0 Å². The van der Waals surface area contributed by atoms with Crippen molar-refractivity contribution in [2.45, 2.75) is 18.2 Å². The topological polar surface area (TPSA) is 140 Å². The number of halogens is 2. The number of carbonyl (C=O) groups excluding carboxylic acids is 1. The fourth-order valence-corrected chi connectivity index (χ4v) is 5.13. The summed E-state index contributed by atoms with van der Waals surface area (Å²) in [5, 5.41) is 25.0. The Labute approximate surface area is 256 Å². The van der Waals surface area contributed by atoms with Gasteiger partial charge in [0.25, 0.3) is 16.0 Å². The fourth-order valence-electron chi connectivity index (χ4n) is 3.77. The summed E-state index contributed by atoms with van der Waals surface area (Å²) < 4.78 is 38.8. The molecule has 0 aliphatic carbocycles. The summed E-state index contributed by atoms with van der Waals surface area (Å²) in [6.45, 7) is 1.82. The van der Waals surface area contributed by atoms with Crippen molar-refractivity contribution in [1.82, 2.24) is 0 Å². The molecule has 0 radical (unpaired) electrons. The Balaban J connectivity index is 0.00000420. The van der Waals surface area contributed by atoms with Gasteiger partial charge in [0, 0.05) is 17.0 Å². The molecule has 4 rings (SSSR count). The minimum absolute atomic E-state index is 0. The van der Waals surface area contributed by atoms with Crippen LogP contribution in [0.4, 0.5) is 17.1 Å². The van der Waals surface area contributed by atoms with Gasteiger partial charge >= 0.3 is 29.6 Å².